The van der Waals surface area contributed by atoms with Gasteiger partial charge in [0.15, 0.2) is 0 Å². The Bertz CT molecular complexity index is 1130. The van der Waals surface area contributed by atoms with Crippen LogP contribution >= 0.6 is 15.9 Å². The number of allylic oxidation sites excluding steroid dienone is 1. The largest absolute Gasteiger partial charge is 0.465 e. The highest BCUT2D eigenvalue weighted by atomic mass is 79.9. The zero-order chi connectivity index (χ0) is 30.4. The molecule has 3 saturated heterocycles. The van der Waals surface area contributed by atoms with E-state index in [1.165, 1.54) is 0 Å². The minimum absolute atomic E-state index is 0.0932. The van der Waals surface area contributed by atoms with Gasteiger partial charge in [0.25, 0.3) is 0 Å². The van der Waals surface area contributed by atoms with Crippen molar-refractivity contribution in [3.8, 4) is 0 Å². The first-order valence-electron chi connectivity index (χ1n) is 15.2. The lowest BCUT2D eigenvalue weighted by Crippen LogP contribution is -2.60. The van der Waals surface area contributed by atoms with Gasteiger partial charge >= 0.3 is 5.97 Å². The molecule has 4 unspecified atom stereocenters. The highest BCUT2D eigenvalue weighted by Crippen LogP contribution is 2.60. The number of aliphatic hydroxyl groups excluding tert-OH is 1. The van der Waals surface area contributed by atoms with Gasteiger partial charge in [0.1, 0.15) is 11.6 Å². The van der Waals surface area contributed by atoms with Crippen LogP contribution in [-0.4, -0.2) is 87.1 Å². The van der Waals surface area contributed by atoms with Crippen LogP contribution in [0.1, 0.15) is 57.9 Å². The second kappa shape index (κ2) is 14.3. The van der Waals surface area contributed by atoms with Crippen molar-refractivity contribution < 1.29 is 29.0 Å². The Morgan fingerprint density at radius 2 is 2.00 bits per heavy atom. The van der Waals surface area contributed by atoms with E-state index in [-0.39, 0.29) is 35.9 Å². The summed E-state index contributed by atoms with van der Waals surface area (Å²) in [6.07, 6.45) is 7.76. The summed E-state index contributed by atoms with van der Waals surface area (Å²) in [7, 11) is 0. The summed E-state index contributed by atoms with van der Waals surface area (Å²) in [6, 6.07) is 7.84. The third-order valence-corrected chi connectivity index (χ3v) is 9.89. The smallest absolute Gasteiger partial charge is 0.312 e. The number of fused-ring (bicyclic) bond motifs is 1. The Balaban J connectivity index is 1.74. The first-order chi connectivity index (χ1) is 20.2. The molecule has 0 aromatic heterocycles. The molecule has 1 spiro atoms. The predicted octanol–water partition coefficient (Wildman–Crippen LogP) is 4.44. The van der Waals surface area contributed by atoms with E-state index in [0.29, 0.717) is 25.8 Å². The fraction of sp³-hybridized carbons (Fsp3) is 0.606. The molecule has 0 aliphatic carbocycles. The van der Waals surface area contributed by atoms with E-state index >= 15 is 0 Å². The Morgan fingerprint density at radius 1 is 1.26 bits per heavy atom. The van der Waals surface area contributed by atoms with E-state index in [9.17, 15) is 19.5 Å². The standard InChI is InChI=1S/C33H45BrN2O6/c1-5-8-9-13-18-41-32(40)26-27-30(38)36(24(21-37)19-23-15-11-10-12-16-23)29(33(27)20-25(34)28(26)42-33)31(39)35(17-7-3)22(4)14-6-2/h5,7,10-12,15-16,22,24-29,37H,1,3,6,8-9,13-14,17-21H2,2,4H3/t22?,24-,25?,26-,27+,28-,29?,33?/m1/s1. The number of alkyl halides is 1. The number of nitrogens with zero attached hydrogens (tertiary/aromatic N) is 2. The third kappa shape index (κ3) is 6.10. The average Bonchev–Trinajstić information content (AvgIpc) is 3.58. The fourth-order valence-electron chi connectivity index (χ4n) is 7.16. The van der Waals surface area contributed by atoms with E-state index in [1.807, 2.05) is 43.3 Å². The van der Waals surface area contributed by atoms with Gasteiger partial charge in [-0.25, -0.2) is 0 Å². The van der Waals surface area contributed by atoms with Crippen LogP contribution in [0.2, 0.25) is 0 Å². The van der Waals surface area contributed by atoms with Crippen LogP contribution in [0.25, 0.3) is 0 Å². The number of halogens is 1. The topological polar surface area (TPSA) is 96.4 Å². The molecule has 3 aliphatic rings. The molecule has 2 bridgehead atoms. The highest BCUT2D eigenvalue weighted by molar-refractivity contribution is 9.09. The third-order valence-electron chi connectivity index (χ3n) is 9.05. The summed E-state index contributed by atoms with van der Waals surface area (Å²) >= 11 is 3.72. The van der Waals surface area contributed by atoms with Gasteiger partial charge in [-0.05, 0) is 51.0 Å². The molecule has 8 atom stereocenters. The van der Waals surface area contributed by atoms with E-state index in [2.05, 4.69) is 36.0 Å². The molecule has 42 heavy (non-hydrogen) atoms. The Kier molecular flexibility index (Phi) is 11.1. The van der Waals surface area contributed by atoms with Crippen molar-refractivity contribution >= 4 is 33.7 Å². The van der Waals surface area contributed by atoms with Crippen molar-refractivity contribution in [1.82, 2.24) is 9.80 Å². The maximum atomic E-state index is 14.6. The molecule has 230 valence electrons. The quantitative estimate of drug-likeness (QED) is 0.124. The predicted molar refractivity (Wildman–Crippen MR) is 165 cm³/mol. The number of carbonyl (C=O) groups is 3. The molecule has 2 amide bonds. The second-order valence-electron chi connectivity index (χ2n) is 11.8. The maximum absolute atomic E-state index is 14.6. The van der Waals surface area contributed by atoms with Gasteiger partial charge in [-0.15, -0.1) is 13.2 Å². The summed E-state index contributed by atoms with van der Waals surface area (Å²) in [4.78, 5) is 45.8. The second-order valence-corrected chi connectivity index (χ2v) is 13.0. The first kappa shape index (κ1) is 32.4. The molecule has 0 saturated carbocycles. The van der Waals surface area contributed by atoms with Crippen molar-refractivity contribution in [2.24, 2.45) is 11.8 Å². The van der Waals surface area contributed by atoms with Crippen LogP contribution in [0.3, 0.4) is 0 Å². The summed E-state index contributed by atoms with van der Waals surface area (Å²) in [5.74, 6) is -2.75. The van der Waals surface area contributed by atoms with E-state index in [4.69, 9.17) is 9.47 Å². The number of carbonyl (C=O) groups excluding carboxylic acids is 3. The Labute approximate surface area is 258 Å². The number of benzene rings is 1. The fourth-order valence-corrected chi connectivity index (χ4v) is 8.11. The first-order valence-corrected chi connectivity index (χ1v) is 16.1. The monoisotopic (exact) mass is 644 g/mol. The van der Waals surface area contributed by atoms with Crippen LogP contribution in [-0.2, 0) is 30.3 Å². The van der Waals surface area contributed by atoms with Gasteiger partial charge in [-0.3, -0.25) is 14.4 Å². The van der Waals surface area contributed by atoms with Crippen LogP contribution in [0, 0.1) is 11.8 Å². The van der Waals surface area contributed by atoms with Crippen molar-refractivity contribution in [2.45, 2.75) is 93.5 Å². The molecular formula is C33H45BrN2O6. The van der Waals surface area contributed by atoms with Crippen LogP contribution in [0.5, 0.6) is 0 Å². The van der Waals surface area contributed by atoms with Crippen molar-refractivity contribution in [1.29, 1.82) is 0 Å². The van der Waals surface area contributed by atoms with Gasteiger partial charge in [0.2, 0.25) is 11.8 Å². The number of aliphatic hydroxyl groups is 1. The van der Waals surface area contributed by atoms with Gasteiger partial charge in [-0.1, -0.05) is 71.8 Å². The number of amides is 2. The van der Waals surface area contributed by atoms with Gasteiger partial charge < -0.3 is 24.4 Å². The summed E-state index contributed by atoms with van der Waals surface area (Å²) in [5, 5.41) is 10.7. The van der Waals surface area contributed by atoms with E-state index in [1.54, 1.807) is 15.9 Å². The molecule has 3 fully saturated rings. The number of esters is 1. The molecule has 1 N–H and O–H groups in total. The Morgan fingerprint density at radius 3 is 2.64 bits per heavy atom. The lowest BCUT2D eigenvalue weighted by Gasteiger charge is -2.41. The van der Waals surface area contributed by atoms with Crippen molar-refractivity contribution in [3.63, 3.8) is 0 Å². The zero-order valence-electron chi connectivity index (χ0n) is 24.8. The molecule has 1 aromatic rings. The minimum Gasteiger partial charge on any atom is -0.465 e. The minimum atomic E-state index is -1.21. The van der Waals surface area contributed by atoms with Crippen LogP contribution < -0.4 is 0 Å². The molecule has 9 heteroatoms. The lowest BCUT2D eigenvalue weighted by atomic mass is 9.70. The summed E-state index contributed by atoms with van der Waals surface area (Å²) in [5.41, 5.74) is -0.277. The molecule has 8 nitrogen and oxygen atoms in total. The summed E-state index contributed by atoms with van der Waals surface area (Å²) < 4.78 is 12.3. The normalized spacial score (nSPS) is 29.2. The summed E-state index contributed by atoms with van der Waals surface area (Å²) in [6.45, 7) is 11.9. The molecule has 0 radical (unpaired) electrons. The van der Waals surface area contributed by atoms with Gasteiger partial charge in [-0.2, -0.15) is 0 Å². The van der Waals surface area contributed by atoms with E-state index < -0.39 is 41.6 Å². The number of hydrogen-bond acceptors (Lipinski definition) is 6. The molecular weight excluding hydrogens is 600 g/mol. The highest BCUT2D eigenvalue weighted by Gasteiger charge is 2.77. The molecule has 3 aliphatic heterocycles. The van der Waals surface area contributed by atoms with Gasteiger partial charge in [0.05, 0.1) is 37.2 Å². The number of likely N-dealkylation sites (tertiary alicyclic amines) is 1. The van der Waals surface area contributed by atoms with Crippen LogP contribution in [0.15, 0.2) is 55.6 Å². The Hall–Kier alpha value is -2.49. The van der Waals surface area contributed by atoms with Crippen molar-refractivity contribution in [2.75, 3.05) is 19.8 Å². The maximum Gasteiger partial charge on any atom is 0.312 e. The van der Waals surface area contributed by atoms with E-state index in [0.717, 1.165) is 31.2 Å². The van der Waals surface area contributed by atoms with Gasteiger partial charge in [0, 0.05) is 17.4 Å². The number of hydrogen-bond donors (Lipinski definition) is 1. The average molecular weight is 646 g/mol. The lowest BCUT2D eigenvalue weighted by molar-refractivity contribution is -0.157. The molecule has 4 rings (SSSR count). The SMILES string of the molecule is C=CCCCCOC(=O)[C@H]1[C@@H]2OC3(CC2Br)C(C(=O)N(CC=C)C(C)CCC)N([C@@H](CO)Cc2ccccc2)C(=O)[C@H]13. The van der Waals surface area contributed by atoms with Crippen LogP contribution in [0.4, 0.5) is 0 Å². The number of rotatable bonds is 16. The number of ether oxygens (including phenoxy) is 2. The molecule has 3 heterocycles. The van der Waals surface area contributed by atoms with Crippen molar-refractivity contribution in [3.05, 3.63) is 61.2 Å². The molecule has 1 aromatic carbocycles. The number of unbranched alkanes of at least 4 members (excludes halogenated alkanes) is 2. The zero-order valence-corrected chi connectivity index (χ0v) is 26.4.